The Balaban J connectivity index is 1.20. The summed E-state index contributed by atoms with van der Waals surface area (Å²) in [4.78, 5) is 27.1. The molecule has 2 bridgehead atoms. The van der Waals surface area contributed by atoms with Crippen molar-refractivity contribution < 1.29 is 14.3 Å². The van der Waals surface area contributed by atoms with E-state index in [1.165, 1.54) is 19.3 Å². The number of aromatic amines is 1. The van der Waals surface area contributed by atoms with Crippen LogP contribution in [0.2, 0.25) is 0 Å². The molecule has 0 spiro atoms. The highest BCUT2D eigenvalue weighted by Crippen LogP contribution is 2.40. The minimum absolute atomic E-state index is 0.279. The third kappa shape index (κ3) is 5.14. The van der Waals surface area contributed by atoms with E-state index in [0.717, 1.165) is 51.0 Å². The zero-order chi connectivity index (χ0) is 24.6. The van der Waals surface area contributed by atoms with E-state index in [1.54, 1.807) is 0 Å². The topological polar surface area (TPSA) is 108 Å². The van der Waals surface area contributed by atoms with E-state index < -0.39 is 0 Å². The standard InChI is InChI=1S/C26H37N7O3/c1-16-8-23(31-30-16)27-22-12-24(36-15-18-13-35-14-18)29-26(28-22)32(2)21-10-19-4-3-5-20(11-21)33(19)25(34)9-17-6-7-17/h8,12,17-21H,3-7,9-11,13-15H2,1-2H3,(H2,27,28,29,30,31)/t19-,20+,21+. The molecular weight excluding hydrogens is 458 g/mol. The fourth-order valence-electron chi connectivity index (χ4n) is 5.82. The molecule has 2 aromatic heterocycles. The first-order valence-corrected chi connectivity index (χ1v) is 13.4. The first-order chi connectivity index (χ1) is 17.5. The summed E-state index contributed by atoms with van der Waals surface area (Å²) in [5.41, 5.74) is 0.972. The lowest BCUT2D eigenvalue weighted by Crippen LogP contribution is -2.58. The maximum absolute atomic E-state index is 13.1. The number of aromatic nitrogens is 4. The number of nitrogens with zero attached hydrogens (tertiary/aromatic N) is 5. The SMILES string of the molecule is Cc1cc(Nc2cc(OCC3COC3)nc(N(C)[C@H]3C[C@H]4CCC[C@@H](C3)N4C(=O)CC3CC3)n2)n[nH]1. The number of carbonyl (C=O) groups excluding carboxylic acids is 1. The fourth-order valence-corrected chi connectivity index (χ4v) is 5.82. The van der Waals surface area contributed by atoms with Crippen LogP contribution in [0.4, 0.5) is 17.6 Å². The molecule has 4 fully saturated rings. The Kier molecular flexibility index (Phi) is 6.45. The van der Waals surface area contributed by atoms with Crippen LogP contribution in [-0.4, -0.2) is 76.0 Å². The van der Waals surface area contributed by atoms with Crippen molar-refractivity contribution in [3.63, 3.8) is 0 Å². The van der Waals surface area contributed by atoms with Gasteiger partial charge in [-0.25, -0.2) is 0 Å². The van der Waals surface area contributed by atoms with Crippen molar-refractivity contribution in [1.29, 1.82) is 0 Å². The van der Waals surface area contributed by atoms with Crippen LogP contribution in [0.15, 0.2) is 12.1 Å². The van der Waals surface area contributed by atoms with Gasteiger partial charge in [-0.05, 0) is 57.8 Å². The zero-order valence-electron chi connectivity index (χ0n) is 21.3. The summed E-state index contributed by atoms with van der Waals surface area (Å²) >= 11 is 0. The fraction of sp³-hybridized carbons (Fsp3) is 0.692. The number of carbonyl (C=O) groups is 1. The Morgan fingerprint density at radius 2 is 1.92 bits per heavy atom. The van der Waals surface area contributed by atoms with E-state index in [9.17, 15) is 4.79 Å². The largest absolute Gasteiger partial charge is 0.477 e. The van der Waals surface area contributed by atoms with Gasteiger partial charge in [-0.3, -0.25) is 9.89 Å². The Bertz CT molecular complexity index is 1070. The van der Waals surface area contributed by atoms with Crippen molar-refractivity contribution in [2.45, 2.75) is 76.4 Å². The number of fused-ring (bicyclic) bond motifs is 2. The summed E-state index contributed by atoms with van der Waals surface area (Å²) in [7, 11) is 2.07. The lowest BCUT2D eigenvalue weighted by Gasteiger charge is -2.50. The average molecular weight is 496 g/mol. The lowest BCUT2D eigenvalue weighted by molar-refractivity contribution is -0.141. The van der Waals surface area contributed by atoms with Crippen LogP contribution in [0.25, 0.3) is 0 Å². The van der Waals surface area contributed by atoms with E-state index in [4.69, 9.17) is 19.4 Å². The zero-order valence-corrected chi connectivity index (χ0v) is 21.3. The second kappa shape index (κ2) is 9.88. The molecule has 1 amide bonds. The molecule has 36 heavy (non-hydrogen) atoms. The number of anilines is 3. The summed E-state index contributed by atoms with van der Waals surface area (Å²) in [6.45, 7) is 4.00. The molecule has 194 valence electrons. The number of piperidine rings is 2. The van der Waals surface area contributed by atoms with Gasteiger partial charge in [-0.15, -0.1) is 0 Å². The van der Waals surface area contributed by atoms with Gasteiger partial charge < -0.3 is 24.6 Å². The molecule has 6 rings (SSSR count). The summed E-state index contributed by atoms with van der Waals surface area (Å²) in [5.74, 6) is 3.94. The number of hydrogen-bond acceptors (Lipinski definition) is 8. The number of nitrogens with one attached hydrogen (secondary N) is 2. The maximum Gasteiger partial charge on any atom is 0.230 e. The molecule has 3 atom stereocenters. The lowest BCUT2D eigenvalue weighted by atomic mass is 9.81. The third-order valence-electron chi connectivity index (χ3n) is 8.09. The van der Waals surface area contributed by atoms with Crippen LogP contribution in [0.5, 0.6) is 5.88 Å². The molecule has 3 saturated heterocycles. The number of amides is 1. The highest BCUT2D eigenvalue weighted by Gasteiger charge is 2.43. The molecule has 2 N–H and O–H groups in total. The molecule has 1 saturated carbocycles. The van der Waals surface area contributed by atoms with Crippen LogP contribution >= 0.6 is 0 Å². The number of rotatable bonds is 9. The Morgan fingerprint density at radius 3 is 2.56 bits per heavy atom. The smallest absolute Gasteiger partial charge is 0.230 e. The van der Waals surface area contributed by atoms with E-state index in [2.05, 4.69) is 32.4 Å². The number of H-pyrrole nitrogens is 1. The van der Waals surface area contributed by atoms with Crippen molar-refractivity contribution in [1.82, 2.24) is 25.1 Å². The van der Waals surface area contributed by atoms with E-state index in [1.807, 2.05) is 19.1 Å². The monoisotopic (exact) mass is 495 g/mol. The highest BCUT2D eigenvalue weighted by atomic mass is 16.5. The Labute approximate surface area is 212 Å². The average Bonchev–Trinajstić information content (AvgIpc) is 3.55. The van der Waals surface area contributed by atoms with Crippen LogP contribution < -0.4 is 15.0 Å². The van der Waals surface area contributed by atoms with Crippen molar-refractivity contribution in [3.05, 3.63) is 17.8 Å². The van der Waals surface area contributed by atoms with Gasteiger partial charge >= 0.3 is 0 Å². The minimum atomic E-state index is 0.279. The van der Waals surface area contributed by atoms with Gasteiger partial charge in [0.25, 0.3) is 0 Å². The normalized spacial score (nSPS) is 25.8. The highest BCUT2D eigenvalue weighted by molar-refractivity contribution is 5.77. The van der Waals surface area contributed by atoms with Crippen molar-refractivity contribution in [2.24, 2.45) is 11.8 Å². The van der Waals surface area contributed by atoms with Gasteiger partial charge in [0.15, 0.2) is 5.82 Å². The van der Waals surface area contributed by atoms with Gasteiger partial charge in [-0.2, -0.15) is 15.1 Å². The number of aryl methyl sites for hydroxylation is 1. The molecule has 0 radical (unpaired) electrons. The molecule has 2 aromatic rings. The van der Waals surface area contributed by atoms with Crippen molar-refractivity contribution >= 4 is 23.5 Å². The van der Waals surface area contributed by atoms with Crippen molar-refractivity contribution in [3.8, 4) is 5.88 Å². The number of hydrogen-bond donors (Lipinski definition) is 2. The molecule has 3 aliphatic heterocycles. The molecule has 0 aromatic carbocycles. The minimum Gasteiger partial charge on any atom is -0.477 e. The van der Waals surface area contributed by atoms with Gasteiger partial charge in [0, 0.05) is 55.3 Å². The molecule has 4 aliphatic rings. The molecule has 1 aliphatic carbocycles. The van der Waals surface area contributed by atoms with Gasteiger partial charge in [0.1, 0.15) is 5.82 Å². The van der Waals surface area contributed by atoms with E-state index in [-0.39, 0.29) is 6.04 Å². The van der Waals surface area contributed by atoms with Crippen LogP contribution in [0.1, 0.15) is 57.1 Å². The second-order valence-corrected chi connectivity index (χ2v) is 11.1. The molecule has 10 nitrogen and oxygen atoms in total. The van der Waals surface area contributed by atoms with Gasteiger partial charge in [0.05, 0.1) is 19.8 Å². The van der Waals surface area contributed by atoms with Crippen LogP contribution in [-0.2, 0) is 9.53 Å². The summed E-state index contributed by atoms with van der Waals surface area (Å²) in [5, 5.41) is 10.5. The molecule has 5 heterocycles. The predicted octanol–water partition coefficient (Wildman–Crippen LogP) is 3.43. The molecule has 0 unspecified atom stereocenters. The Morgan fingerprint density at radius 1 is 1.14 bits per heavy atom. The van der Waals surface area contributed by atoms with Gasteiger partial charge in [0.2, 0.25) is 17.7 Å². The predicted molar refractivity (Wildman–Crippen MR) is 135 cm³/mol. The summed E-state index contributed by atoms with van der Waals surface area (Å²) in [6.07, 6.45) is 8.49. The molecule has 10 heteroatoms. The first kappa shape index (κ1) is 23.5. The third-order valence-corrected chi connectivity index (χ3v) is 8.09. The number of ether oxygens (including phenoxy) is 2. The van der Waals surface area contributed by atoms with E-state index >= 15 is 0 Å². The maximum atomic E-state index is 13.1. The quantitative estimate of drug-likeness (QED) is 0.545. The second-order valence-electron chi connectivity index (χ2n) is 11.1. The van der Waals surface area contributed by atoms with E-state index in [0.29, 0.717) is 59.9 Å². The van der Waals surface area contributed by atoms with Crippen LogP contribution in [0.3, 0.4) is 0 Å². The summed E-state index contributed by atoms with van der Waals surface area (Å²) in [6, 6.07) is 4.68. The first-order valence-electron chi connectivity index (χ1n) is 13.4. The van der Waals surface area contributed by atoms with Gasteiger partial charge in [-0.1, -0.05) is 0 Å². The summed E-state index contributed by atoms with van der Waals surface area (Å²) < 4.78 is 11.3. The Hall–Kier alpha value is -2.88. The molecular formula is C26H37N7O3. The van der Waals surface area contributed by atoms with Crippen LogP contribution in [0, 0.1) is 18.8 Å². The van der Waals surface area contributed by atoms with Crippen molar-refractivity contribution in [2.75, 3.05) is 37.1 Å².